The Morgan fingerprint density at radius 1 is 1.67 bits per heavy atom. The topological polar surface area (TPSA) is 49.3 Å². The minimum absolute atomic E-state index is 0.113. The molecule has 1 aromatic rings. The molecule has 0 aliphatic carbocycles. The van der Waals surface area contributed by atoms with Crippen molar-refractivity contribution in [1.82, 2.24) is 5.32 Å². The number of thiophene rings is 1. The van der Waals surface area contributed by atoms with E-state index in [0.29, 0.717) is 0 Å². The van der Waals surface area contributed by atoms with E-state index in [2.05, 4.69) is 11.9 Å². The van der Waals surface area contributed by atoms with E-state index in [-0.39, 0.29) is 12.5 Å². The Hall–Kier alpha value is -1.13. The average molecular weight is 225 g/mol. The van der Waals surface area contributed by atoms with Crippen molar-refractivity contribution in [3.8, 4) is 0 Å². The van der Waals surface area contributed by atoms with E-state index in [1.165, 1.54) is 11.3 Å². The summed E-state index contributed by atoms with van der Waals surface area (Å²) >= 11 is 1.54. The van der Waals surface area contributed by atoms with Crippen LogP contribution in [0, 0.1) is 0 Å². The zero-order chi connectivity index (χ0) is 11.3. The maximum Gasteiger partial charge on any atom is 0.308 e. The third-order valence-electron chi connectivity index (χ3n) is 1.99. The van der Waals surface area contributed by atoms with E-state index < -0.39 is 5.97 Å². The lowest BCUT2D eigenvalue weighted by molar-refractivity contribution is -0.136. The van der Waals surface area contributed by atoms with Gasteiger partial charge in [0.25, 0.3) is 0 Å². The van der Waals surface area contributed by atoms with Gasteiger partial charge in [0.1, 0.15) is 0 Å². The average Bonchev–Trinajstić information content (AvgIpc) is 2.61. The molecule has 0 fully saturated rings. The van der Waals surface area contributed by atoms with Gasteiger partial charge in [0.05, 0.1) is 6.42 Å². The first-order valence-electron chi connectivity index (χ1n) is 4.77. The van der Waals surface area contributed by atoms with Gasteiger partial charge in [-0.15, -0.1) is 17.9 Å². The summed E-state index contributed by atoms with van der Waals surface area (Å²) in [6, 6.07) is 4.11. The monoisotopic (exact) mass is 225 g/mol. The summed E-state index contributed by atoms with van der Waals surface area (Å²) in [5, 5.41) is 11.9. The summed E-state index contributed by atoms with van der Waals surface area (Å²) in [5.74, 6) is -0.782. The molecular formula is C11H15NO2S. The maximum absolute atomic E-state index is 10.5. The quantitative estimate of drug-likeness (QED) is 0.728. The lowest BCUT2D eigenvalue weighted by atomic mass is 10.3. The number of aliphatic carboxylic acids is 1. The fourth-order valence-electron chi connectivity index (χ4n) is 1.11. The van der Waals surface area contributed by atoms with E-state index in [9.17, 15) is 4.79 Å². The van der Waals surface area contributed by atoms with Crippen LogP contribution in [0.3, 0.4) is 0 Å². The van der Waals surface area contributed by atoms with Crippen LogP contribution < -0.4 is 5.32 Å². The van der Waals surface area contributed by atoms with Crippen LogP contribution in [0.4, 0.5) is 0 Å². The SMILES string of the molecule is C=CC(C)NCc1ccc(CC(=O)O)s1. The predicted molar refractivity (Wildman–Crippen MR) is 62.2 cm³/mol. The van der Waals surface area contributed by atoms with Crippen LogP contribution in [-0.2, 0) is 17.8 Å². The van der Waals surface area contributed by atoms with Crippen molar-refractivity contribution < 1.29 is 9.90 Å². The second-order valence-corrected chi connectivity index (χ2v) is 4.60. The highest BCUT2D eigenvalue weighted by Crippen LogP contribution is 2.16. The molecule has 1 heterocycles. The molecule has 0 bridgehead atoms. The largest absolute Gasteiger partial charge is 0.481 e. The highest BCUT2D eigenvalue weighted by molar-refractivity contribution is 7.12. The number of carboxylic acid groups (broad SMARTS) is 1. The van der Waals surface area contributed by atoms with Crippen LogP contribution >= 0.6 is 11.3 Å². The van der Waals surface area contributed by atoms with Gasteiger partial charge in [0.15, 0.2) is 0 Å². The molecule has 0 aromatic carbocycles. The van der Waals surface area contributed by atoms with Crippen LogP contribution in [0.5, 0.6) is 0 Å². The van der Waals surface area contributed by atoms with Gasteiger partial charge in [0.2, 0.25) is 0 Å². The molecule has 1 aromatic heterocycles. The van der Waals surface area contributed by atoms with Crippen LogP contribution in [0.2, 0.25) is 0 Å². The Labute approximate surface area is 93.4 Å². The number of nitrogens with one attached hydrogen (secondary N) is 1. The highest BCUT2D eigenvalue weighted by atomic mass is 32.1. The summed E-state index contributed by atoms with van der Waals surface area (Å²) in [5.41, 5.74) is 0. The zero-order valence-electron chi connectivity index (χ0n) is 8.69. The van der Waals surface area contributed by atoms with Crippen molar-refractivity contribution in [2.75, 3.05) is 0 Å². The molecule has 82 valence electrons. The molecule has 1 unspecified atom stereocenters. The Morgan fingerprint density at radius 3 is 2.93 bits per heavy atom. The molecule has 2 N–H and O–H groups in total. The van der Waals surface area contributed by atoms with Crippen molar-refractivity contribution in [3.63, 3.8) is 0 Å². The summed E-state index contributed by atoms with van der Waals surface area (Å²) < 4.78 is 0. The fourth-order valence-corrected chi connectivity index (χ4v) is 2.07. The van der Waals surface area contributed by atoms with Crippen molar-refractivity contribution >= 4 is 17.3 Å². The van der Waals surface area contributed by atoms with Gasteiger partial charge in [-0.05, 0) is 19.1 Å². The number of hydrogen-bond acceptors (Lipinski definition) is 3. The number of carboxylic acids is 1. The predicted octanol–water partition coefficient (Wildman–Crippen LogP) is 2.04. The minimum Gasteiger partial charge on any atom is -0.481 e. The van der Waals surface area contributed by atoms with Gasteiger partial charge in [-0.25, -0.2) is 0 Å². The van der Waals surface area contributed by atoms with E-state index in [1.54, 1.807) is 0 Å². The fraction of sp³-hybridized carbons (Fsp3) is 0.364. The van der Waals surface area contributed by atoms with Crippen molar-refractivity contribution in [2.24, 2.45) is 0 Å². The molecule has 0 aliphatic heterocycles. The molecule has 1 rings (SSSR count). The van der Waals surface area contributed by atoms with Gasteiger partial charge in [-0.2, -0.15) is 0 Å². The first-order valence-corrected chi connectivity index (χ1v) is 5.58. The molecule has 0 amide bonds. The maximum atomic E-state index is 10.5. The number of carbonyl (C=O) groups is 1. The van der Waals surface area contributed by atoms with E-state index in [1.807, 2.05) is 25.1 Å². The van der Waals surface area contributed by atoms with Crippen LogP contribution in [0.25, 0.3) is 0 Å². The molecule has 0 spiro atoms. The van der Waals surface area contributed by atoms with Gasteiger partial charge < -0.3 is 10.4 Å². The summed E-state index contributed by atoms with van der Waals surface area (Å²) in [7, 11) is 0. The molecule has 3 nitrogen and oxygen atoms in total. The van der Waals surface area contributed by atoms with Crippen molar-refractivity contribution in [3.05, 3.63) is 34.5 Å². The molecule has 0 aliphatic rings. The van der Waals surface area contributed by atoms with Gasteiger partial charge in [-0.3, -0.25) is 4.79 Å². The molecule has 15 heavy (non-hydrogen) atoms. The Kier molecular flexibility index (Phi) is 4.52. The normalized spacial score (nSPS) is 12.3. The van der Waals surface area contributed by atoms with Gasteiger partial charge >= 0.3 is 5.97 Å². The summed E-state index contributed by atoms with van der Waals surface area (Å²) in [6.07, 6.45) is 1.95. The smallest absolute Gasteiger partial charge is 0.308 e. The number of hydrogen-bond donors (Lipinski definition) is 2. The second-order valence-electron chi connectivity index (χ2n) is 3.34. The van der Waals surface area contributed by atoms with E-state index in [4.69, 9.17) is 5.11 Å². The zero-order valence-corrected chi connectivity index (χ0v) is 9.51. The lowest BCUT2D eigenvalue weighted by Gasteiger charge is -2.06. The first kappa shape index (κ1) is 11.9. The third-order valence-corrected chi connectivity index (χ3v) is 3.08. The second kappa shape index (κ2) is 5.68. The summed E-state index contributed by atoms with van der Waals surface area (Å²) in [4.78, 5) is 12.5. The molecule has 4 heteroatoms. The van der Waals surface area contributed by atoms with Gasteiger partial charge in [0, 0.05) is 22.3 Å². The molecule has 1 atom stereocenters. The Morgan fingerprint density at radius 2 is 2.33 bits per heavy atom. The third kappa shape index (κ3) is 4.27. The molecule has 0 saturated heterocycles. The summed E-state index contributed by atoms with van der Waals surface area (Å²) in [6.45, 7) is 6.47. The van der Waals surface area contributed by atoms with Crippen LogP contribution in [-0.4, -0.2) is 17.1 Å². The Balaban J connectivity index is 2.45. The lowest BCUT2D eigenvalue weighted by Crippen LogP contribution is -2.22. The standard InChI is InChI=1S/C11H15NO2S/c1-3-8(2)12-7-10-5-4-9(15-10)6-11(13)14/h3-5,8,12H,1,6-7H2,2H3,(H,13,14). The van der Waals surface area contributed by atoms with Crippen LogP contribution in [0.1, 0.15) is 16.7 Å². The first-order chi connectivity index (χ1) is 7.11. The molecule has 0 radical (unpaired) electrons. The van der Waals surface area contributed by atoms with E-state index in [0.717, 1.165) is 16.3 Å². The van der Waals surface area contributed by atoms with E-state index >= 15 is 0 Å². The van der Waals surface area contributed by atoms with Gasteiger partial charge in [-0.1, -0.05) is 6.08 Å². The molecular weight excluding hydrogens is 210 g/mol. The highest BCUT2D eigenvalue weighted by Gasteiger charge is 2.04. The minimum atomic E-state index is -0.782. The van der Waals surface area contributed by atoms with Crippen LogP contribution in [0.15, 0.2) is 24.8 Å². The van der Waals surface area contributed by atoms with Crippen molar-refractivity contribution in [2.45, 2.75) is 25.9 Å². The van der Waals surface area contributed by atoms with Crippen molar-refractivity contribution in [1.29, 1.82) is 0 Å². The Bertz CT molecular complexity index is 346. The number of rotatable bonds is 6. The molecule has 0 saturated carbocycles.